The molecule has 0 aliphatic rings. The van der Waals surface area contributed by atoms with Gasteiger partial charge in [-0.1, -0.05) is 48.0 Å². The number of halogens is 1. The van der Waals surface area contributed by atoms with Crippen LogP contribution in [0.4, 0.5) is 0 Å². The van der Waals surface area contributed by atoms with Gasteiger partial charge in [0, 0.05) is 11.6 Å². The third-order valence-corrected chi connectivity index (χ3v) is 3.82. The van der Waals surface area contributed by atoms with Gasteiger partial charge in [0.2, 0.25) is 5.91 Å². The van der Waals surface area contributed by atoms with E-state index in [-0.39, 0.29) is 5.91 Å². The fraction of sp³-hybridized carbons (Fsp3) is 0.278. The highest BCUT2D eigenvalue weighted by molar-refractivity contribution is 6.31. The molecule has 0 aliphatic carbocycles. The summed E-state index contributed by atoms with van der Waals surface area (Å²) in [6.45, 7) is 0.640. The molecule has 0 bridgehead atoms. The Kier molecular flexibility index (Phi) is 6.28. The Balaban J connectivity index is 1.75. The summed E-state index contributed by atoms with van der Waals surface area (Å²) in [6, 6.07) is 15.4. The second kappa shape index (κ2) is 8.44. The molecule has 2 aromatic carbocycles. The summed E-state index contributed by atoms with van der Waals surface area (Å²) in [4.78, 5) is 11.9. The molecule has 3 nitrogen and oxygen atoms in total. The topological polar surface area (TPSA) is 38.3 Å². The van der Waals surface area contributed by atoms with E-state index in [9.17, 15) is 4.79 Å². The summed E-state index contributed by atoms with van der Waals surface area (Å²) < 4.78 is 5.31. The number of methoxy groups -OCH3 is 1. The highest BCUT2D eigenvalue weighted by Gasteiger charge is 2.06. The number of benzene rings is 2. The van der Waals surface area contributed by atoms with Gasteiger partial charge in [0.25, 0.3) is 0 Å². The molecule has 0 spiro atoms. The van der Waals surface area contributed by atoms with E-state index in [1.165, 1.54) is 0 Å². The molecular weight excluding hydrogens is 298 g/mol. The molecule has 0 radical (unpaired) electrons. The van der Waals surface area contributed by atoms with Crippen molar-refractivity contribution in [2.75, 3.05) is 13.7 Å². The number of hydrogen-bond donors (Lipinski definition) is 1. The summed E-state index contributed by atoms with van der Waals surface area (Å²) >= 11 is 6.05. The molecule has 0 saturated heterocycles. The molecule has 4 heteroatoms. The predicted octanol–water partition coefficient (Wildman–Crippen LogP) is 3.64. The van der Waals surface area contributed by atoms with Crippen LogP contribution in [0.1, 0.15) is 17.5 Å². The Morgan fingerprint density at radius 2 is 1.77 bits per heavy atom. The summed E-state index contributed by atoms with van der Waals surface area (Å²) in [7, 11) is 1.67. The maximum absolute atomic E-state index is 11.9. The Bertz CT molecular complexity index is 628. The van der Waals surface area contributed by atoms with Crippen molar-refractivity contribution in [1.29, 1.82) is 0 Å². The van der Waals surface area contributed by atoms with Crippen molar-refractivity contribution in [3.63, 3.8) is 0 Å². The quantitative estimate of drug-likeness (QED) is 0.792. The van der Waals surface area contributed by atoms with E-state index in [4.69, 9.17) is 16.3 Å². The minimum atomic E-state index is -0.00636. The van der Waals surface area contributed by atoms with Crippen molar-refractivity contribution in [1.82, 2.24) is 5.32 Å². The molecule has 0 aromatic heterocycles. The zero-order valence-corrected chi connectivity index (χ0v) is 13.4. The molecule has 2 rings (SSSR count). The van der Waals surface area contributed by atoms with E-state index in [0.29, 0.717) is 18.0 Å². The van der Waals surface area contributed by atoms with E-state index in [0.717, 1.165) is 29.7 Å². The first-order valence-electron chi connectivity index (χ1n) is 7.32. The number of nitrogens with one attached hydrogen (secondary N) is 1. The van der Waals surface area contributed by atoms with Gasteiger partial charge in [-0.25, -0.2) is 0 Å². The fourth-order valence-corrected chi connectivity index (χ4v) is 2.50. The van der Waals surface area contributed by atoms with Crippen LogP contribution in [-0.2, 0) is 17.6 Å². The monoisotopic (exact) mass is 317 g/mol. The average Bonchev–Trinajstić information content (AvgIpc) is 2.54. The summed E-state index contributed by atoms with van der Waals surface area (Å²) in [6.07, 6.45) is 2.05. The predicted molar refractivity (Wildman–Crippen MR) is 89.5 cm³/mol. The number of ether oxygens (including phenoxy) is 1. The normalized spacial score (nSPS) is 10.3. The lowest BCUT2D eigenvalue weighted by Crippen LogP contribution is -2.26. The van der Waals surface area contributed by atoms with Gasteiger partial charge in [-0.05, 0) is 36.1 Å². The SMILES string of the molecule is COc1ccccc1CCCNC(=O)Cc1ccccc1Cl. The summed E-state index contributed by atoms with van der Waals surface area (Å²) in [5, 5.41) is 3.56. The molecule has 22 heavy (non-hydrogen) atoms. The second-order valence-corrected chi connectivity index (χ2v) is 5.44. The van der Waals surface area contributed by atoms with Crippen molar-refractivity contribution in [2.45, 2.75) is 19.3 Å². The molecule has 0 fully saturated rings. The zero-order chi connectivity index (χ0) is 15.8. The molecule has 2 aromatic rings. The van der Waals surface area contributed by atoms with Gasteiger partial charge >= 0.3 is 0 Å². The third-order valence-electron chi connectivity index (χ3n) is 3.45. The third kappa shape index (κ3) is 4.78. The van der Waals surface area contributed by atoms with Gasteiger partial charge in [0.15, 0.2) is 0 Å². The molecule has 0 unspecified atom stereocenters. The maximum Gasteiger partial charge on any atom is 0.224 e. The standard InChI is InChI=1S/C18H20ClNO2/c1-22-17-11-5-3-7-14(17)9-6-12-20-18(21)13-15-8-2-4-10-16(15)19/h2-5,7-8,10-11H,6,9,12-13H2,1H3,(H,20,21). The minimum absolute atomic E-state index is 0.00636. The largest absolute Gasteiger partial charge is 0.496 e. The molecular formula is C18H20ClNO2. The highest BCUT2D eigenvalue weighted by atomic mass is 35.5. The van der Waals surface area contributed by atoms with Gasteiger partial charge in [-0.15, -0.1) is 0 Å². The number of rotatable bonds is 7. The van der Waals surface area contributed by atoms with Crippen molar-refractivity contribution in [2.24, 2.45) is 0 Å². The highest BCUT2D eigenvalue weighted by Crippen LogP contribution is 2.18. The lowest BCUT2D eigenvalue weighted by atomic mass is 10.1. The number of carbonyl (C=O) groups excluding carboxylic acids is 1. The molecule has 116 valence electrons. The van der Waals surface area contributed by atoms with E-state index in [1.807, 2.05) is 42.5 Å². The van der Waals surface area contributed by atoms with Gasteiger partial charge in [0.1, 0.15) is 5.75 Å². The van der Waals surface area contributed by atoms with E-state index in [1.54, 1.807) is 13.2 Å². The first-order valence-corrected chi connectivity index (χ1v) is 7.70. The van der Waals surface area contributed by atoms with Crippen LogP contribution in [-0.4, -0.2) is 19.6 Å². The number of para-hydroxylation sites is 1. The number of aryl methyl sites for hydroxylation is 1. The van der Waals surface area contributed by atoms with Crippen molar-refractivity contribution in [3.8, 4) is 5.75 Å². The molecule has 0 heterocycles. The van der Waals surface area contributed by atoms with Crippen LogP contribution in [0.5, 0.6) is 5.75 Å². The molecule has 0 atom stereocenters. The van der Waals surface area contributed by atoms with Gasteiger partial charge < -0.3 is 10.1 Å². The van der Waals surface area contributed by atoms with Gasteiger partial charge in [-0.2, -0.15) is 0 Å². The van der Waals surface area contributed by atoms with Gasteiger partial charge in [0.05, 0.1) is 13.5 Å². The van der Waals surface area contributed by atoms with Crippen molar-refractivity contribution >= 4 is 17.5 Å². The lowest BCUT2D eigenvalue weighted by molar-refractivity contribution is -0.120. The van der Waals surface area contributed by atoms with Gasteiger partial charge in [-0.3, -0.25) is 4.79 Å². The Morgan fingerprint density at radius 3 is 2.50 bits per heavy atom. The van der Waals surface area contributed by atoms with Crippen LogP contribution in [0.2, 0.25) is 5.02 Å². The summed E-state index contributed by atoms with van der Waals surface area (Å²) in [5.74, 6) is 0.887. The molecule has 0 aliphatic heterocycles. The van der Waals surface area contributed by atoms with Crippen molar-refractivity contribution < 1.29 is 9.53 Å². The Labute approximate surface area is 136 Å². The van der Waals surface area contributed by atoms with Crippen LogP contribution in [0.15, 0.2) is 48.5 Å². The van der Waals surface area contributed by atoms with Crippen LogP contribution in [0, 0.1) is 0 Å². The van der Waals surface area contributed by atoms with Crippen LogP contribution < -0.4 is 10.1 Å². The fourth-order valence-electron chi connectivity index (χ4n) is 2.29. The molecule has 0 saturated carbocycles. The zero-order valence-electron chi connectivity index (χ0n) is 12.6. The van der Waals surface area contributed by atoms with Crippen LogP contribution in [0.25, 0.3) is 0 Å². The Morgan fingerprint density at radius 1 is 1.09 bits per heavy atom. The smallest absolute Gasteiger partial charge is 0.224 e. The minimum Gasteiger partial charge on any atom is -0.496 e. The lowest BCUT2D eigenvalue weighted by Gasteiger charge is -2.09. The molecule has 1 amide bonds. The number of carbonyl (C=O) groups is 1. The van der Waals surface area contributed by atoms with E-state index in [2.05, 4.69) is 5.32 Å². The van der Waals surface area contributed by atoms with Crippen LogP contribution in [0.3, 0.4) is 0 Å². The second-order valence-electron chi connectivity index (χ2n) is 5.03. The van der Waals surface area contributed by atoms with E-state index < -0.39 is 0 Å². The molecule has 1 N–H and O–H groups in total. The first kappa shape index (κ1) is 16.4. The number of amides is 1. The maximum atomic E-state index is 11.9. The Hall–Kier alpha value is -2.00. The van der Waals surface area contributed by atoms with Crippen LogP contribution >= 0.6 is 11.6 Å². The number of hydrogen-bond acceptors (Lipinski definition) is 2. The van der Waals surface area contributed by atoms with Crippen molar-refractivity contribution in [3.05, 3.63) is 64.7 Å². The first-order chi connectivity index (χ1) is 10.7. The van der Waals surface area contributed by atoms with E-state index >= 15 is 0 Å². The summed E-state index contributed by atoms with van der Waals surface area (Å²) in [5.41, 5.74) is 2.01. The average molecular weight is 318 g/mol.